The monoisotopic (exact) mass is 416 g/mol. The van der Waals surface area contributed by atoms with Gasteiger partial charge in [0.05, 0.1) is 6.21 Å². The second-order valence-corrected chi connectivity index (χ2v) is 6.07. The van der Waals surface area contributed by atoms with Crippen molar-refractivity contribution < 1.29 is 18.3 Å². The van der Waals surface area contributed by atoms with E-state index in [1.54, 1.807) is 18.2 Å². The Kier molecular flexibility index (Phi) is 4.18. The smallest absolute Gasteiger partial charge is 0.453 e. The molecule has 0 aliphatic heterocycles. The lowest BCUT2D eigenvalue weighted by atomic mass is 10.0. The van der Waals surface area contributed by atoms with Crippen LogP contribution < -0.4 is 0 Å². The lowest BCUT2D eigenvalue weighted by Gasteiger charge is -2.07. The van der Waals surface area contributed by atoms with Crippen LogP contribution in [0.15, 0.2) is 39.9 Å². The second kappa shape index (κ2) is 6.02. The Morgan fingerprint density at radius 2 is 2.04 bits per heavy atom. The molecule has 3 aromatic rings. The molecule has 2 aromatic carbocycles. The highest BCUT2D eigenvalue weighted by Crippen LogP contribution is 2.29. The Hall–Kier alpha value is -2.20. The first-order valence-corrected chi connectivity index (χ1v) is 7.67. The molecule has 3 rings (SSSR count). The molecule has 0 fully saturated rings. The van der Waals surface area contributed by atoms with E-state index in [9.17, 15) is 18.3 Å². The summed E-state index contributed by atoms with van der Waals surface area (Å²) in [4.78, 5) is 0. The van der Waals surface area contributed by atoms with Gasteiger partial charge in [0.15, 0.2) is 0 Å². The van der Waals surface area contributed by atoms with E-state index < -0.39 is 12.0 Å². The Bertz CT molecular complexity index is 1010. The van der Waals surface area contributed by atoms with E-state index >= 15 is 0 Å². The Labute approximate surface area is 146 Å². The number of aromatic hydroxyl groups is 1. The predicted molar refractivity (Wildman–Crippen MR) is 88.7 cm³/mol. The van der Waals surface area contributed by atoms with E-state index in [0.29, 0.717) is 10.1 Å². The molecule has 0 amide bonds. The Balaban J connectivity index is 2.15. The fraction of sp³-hybridized carbons (Fsp3) is 0.0714. The van der Waals surface area contributed by atoms with Gasteiger partial charge < -0.3 is 5.11 Å². The van der Waals surface area contributed by atoms with Gasteiger partial charge in [-0.25, -0.2) is 5.10 Å². The van der Waals surface area contributed by atoms with Crippen molar-refractivity contribution in [1.29, 1.82) is 0 Å². The molecule has 10 heteroatoms. The fourth-order valence-corrected chi connectivity index (χ4v) is 2.70. The van der Waals surface area contributed by atoms with Gasteiger partial charge in [0.1, 0.15) is 5.75 Å². The molecule has 124 valence electrons. The number of aromatic nitrogens is 3. The zero-order chi connectivity index (χ0) is 17.5. The molecular formula is C14H8BrF3N4OS. The highest BCUT2D eigenvalue weighted by Gasteiger charge is 2.37. The second-order valence-electron chi connectivity index (χ2n) is 4.77. The van der Waals surface area contributed by atoms with Crippen LogP contribution in [0, 0.1) is 4.77 Å². The summed E-state index contributed by atoms with van der Waals surface area (Å²) >= 11 is 8.10. The number of H-pyrrole nitrogens is 1. The summed E-state index contributed by atoms with van der Waals surface area (Å²) in [6.45, 7) is 0. The lowest BCUT2D eigenvalue weighted by molar-refractivity contribution is -0.147. The average Bonchev–Trinajstić information content (AvgIpc) is 2.87. The third-order valence-corrected chi connectivity index (χ3v) is 3.96. The van der Waals surface area contributed by atoms with E-state index in [-0.39, 0.29) is 16.1 Å². The molecule has 0 unspecified atom stereocenters. The molecule has 2 N–H and O–H groups in total. The van der Waals surface area contributed by atoms with Crippen LogP contribution in [0.5, 0.6) is 5.75 Å². The van der Waals surface area contributed by atoms with E-state index in [2.05, 4.69) is 31.2 Å². The van der Waals surface area contributed by atoms with Crippen molar-refractivity contribution in [1.82, 2.24) is 14.9 Å². The van der Waals surface area contributed by atoms with Gasteiger partial charge in [-0.15, -0.1) is 5.10 Å². The van der Waals surface area contributed by atoms with Crippen LogP contribution in [0.25, 0.3) is 10.8 Å². The molecule has 0 saturated carbocycles. The topological polar surface area (TPSA) is 66.2 Å². The summed E-state index contributed by atoms with van der Waals surface area (Å²) in [6.07, 6.45) is -3.59. The molecule has 0 saturated heterocycles. The number of phenolic OH excluding ortho intramolecular Hbond substituents is 1. The van der Waals surface area contributed by atoms with E-state index in [1.165, 1.54) is 6.07 Å². The summed E-state index contributed by atoms with van der Waals surface area (Å²) < 4.78 is 39.7. The maximum Gasteiger partial charge on any atom is 0.453 e. The van der Waals surface area contributed by atoms with Gasteiger partial charge in [0, 0.05) is 10.0 Å². The number of benzene rings is 2. The van der Waals surface area contributed by atoms with E-state index in [1.807, 2.05) is 6.07 Å². The first-order chi connectivity index (χ1) is 11.3. The van der Waals surface area contributed by atoms with Crippen LogP contribution >= 0.6 is 28.1 Å². The molecule has 0 aliphatic rings. The maximum atomic E-state index is 12.9. The van der Waals surface area contributed by atoms with Crippen molar-refractivity contribution in [3.63, 3.8) is 0 Å². The quantitative estimate of drug-likeness (QED) is 0.478. The van der Waals surface area contributed by atoms with Crippen molar-refractivity contribution in [3.8, 4) is 5.75 Å². The number of nitrogens with one attached hydrogen (secondary N) is 1. The Morgan fingerprint density at radius 1 is 1.29 bits per heavy atom. The lowest BCUT2D eigenvalue weighted by Crippen LogP contribution is -2.12. The van der Waals surface area contributed by atoms with Crippen LogP contribution in [0.3, 0.4) is 0 Å². The molecule has 1 aromatic heterocycles. The molecule has 1 heterocycles. The number of alkyl halides is 3. The molecule has 0 radical (unpaired) electrons. The zero-order valence-corrected chi connectivity index (χ0v) is 14.1. The normalized spacial score (nSPS) is 12.3. The van der Waals surface area contributed by atoms with Gasteiger partial charge in [-0.05, 0) is 41.2 Å². The van der Waals surface area contributed by atoms with Crippen molar-refractivity contribution in [2.45, 2.75) is 6.18 Å². The van der Waals surface area contributed by atoms with E-state index in [0.717, 1.165) is 16.1 Å². The van der Waals surface area contributed by atoms with Gasteiger partial charge in [-0.1, -0.05) is 28.1 Å². The van der Waals surface area contributed by atoms with Crippen molar-refractivity contribution in [2.75, 3.05) is 0 Å². The number of phenols is 1. The largest absolute Gasteiger partial charge is 0.507 e. The number of hydrogen-bond acceptors (Lipinski definition) is 4. The van der Waals surface area contributed by atoms with Gasteiger partial charge >= 0.3 is 6.18 Å². The van der Waals surface area contributed by atoms with Gasteiger partial charge in [0.25, 0.3) is 5.82 Å². The molecular weight excluding hydrogens is 409 g/mol. The van der Waals surface area contributed by atoms with Crippen molar-refractivity contribution >= 4 is 45.1 Å². The average molecular weight is 417 g/mol. The standard InChI is InChI=1S/C14H8BrF3N4OS/c15-8-2-3-9-7(5-8)1-4-11(23)10(9)6-19-22-12(14(16,17)18)20-21-13(22)24/h1-6,23H,(H,21,24)/b19-6-. The SMILES string of the molecule is Oc1ccc2cc(Br)ccc2c1/C=N\n1c(C(F)(F)F)n[nH]c1=S. The molecule has 0 spiro atoms. The molecule has 5 nitrogen and oxygen atoms in total. The van der Waals surface area contributed by atoms with Gasteiger partial charge in [0.2, 0.25) is 4.77 Å². The first-order valence-electron chi connectivity index (χ1n) is 6.47. The van der Waals surface area contributed by atoms with Crippen molar-refractivity contribution in [2.24, 2.45) is 5.10 Å². The van der Waals surface area contributed by atoms with Gasteiger partial charge in [-0.2, -0.15) is 22.9 Å². The molecule has 0 bridgehead atoms. The van der Waals surface area contributed by atoms with Crippen LogP contribution in [0.2, 0.25) is 0 Å². The molecule has 0 atom stereocenters. The van der Waals surface area contributed by atoms with Crippen LogP contribution in [-0.2, 0) is 6.18 Å². The van der Waals surface area contributed by atoms with Gasteiger partial charge in [-0.3, -0.25) is 0 Å². The summed E-state index contributed by atoms with van der Waals surface area (Å²) in [5, 5.41) is 20.4. The Morgan fingerprint density at radius 3 is 2.75 bits per heavy atom. The number of aromatic amines is 1. The molecule has 24 heavy (non-hydrogen) atoms. The predicted octanol–water partition coefficient (Wildman–Crippen LogP) is 4.46. The van der Waals surface area contributed by atoms with Crippen LogP contribution in [-0.4, -0.2) is 26.2 Å². The number of nitrogens with zero attached hydrogens (tertiary/aromatic N) is 3. The highest BCUT2D eigenvalue weighted by atomic mass is 79.9. The number of rotatable bonds is 2. The highest BCUT2D eigenvalue weighted by molar-refractivity contribution is 9.10. The summed E-state index contributed by atoms with van der Waals surface area (Å²) in [5.41, 5.74) is 0.274. The minimum atomic E-state index is -4.71. The number of halogens is 4. The minimum absolute atomic E-state index is 0.114. The molecule has 0 aliphatic carbocycles. The summed E-state index contributed by atoms with van der Waals surface area (Å²) in [6, 6.07) is 8.42. The zero-order valence-electron chi connectivity index (χ0n) is 11.7. The number of hydrogen-bond donors (Lipinski definition) is 2. The third-order valence-electron chi connectivity index (χ3n) is 3.21. The minimum Gasteiger partial charge on any atom is -0.507 e. The first kappa shape index (κ1) is 16.7. The van der Waals surface area contributed by atoms with Crippen LogP contribution in [0.4, 0.5) is 13.2 Å². The third kappa shape index (κ3) is 3.06. The number of fused-ring (bicyclic) bond motifs is 1. The summed E-state index contributed by atoms with van der Waals surface area (Å²) in [7, 11) is 0. The maximum absolute atomic E-state index is 12.9. The van der Waals surface area contributed by atoms with E-state index in [4.69, 9.17) is 12.2 Å². The summed E-state index contributed by atoms with van der Waals surface area (Å²) in [5.74, 6) is -1.39. The fourth-order valence-electron chi connectivity index (χ4n) is 2.15. The van der Waals surface area contributed by atoms with Crippen molar-refractivity contribution in [3.05, 3.63) is 51.0 Å². The van der Waals surface area contributed by atoms with Crippen LogP contribution in [0.1, 0.15) is 11.4 Å².